The predicted octanol–water partition coefficient (Wildman–Crippen LogP) is 2.91. The Morgan fingerprint density at radius 2 is 1.53 bits per heavy atom. The molecule has 0 aliphatic carbocycles. The number of piperidine rings is 1. The molecule has 176 valence electrons. The van der Waals surface area contributed by atoms with Crippen molar-refractivity contribution < 1.29 is 32.3 Å². The van der Waals surface area contributed by atoms with Gasteiger partial charge in [0, 0.05) is 43.0 Å². The molecule has 0 radical (unpaired) electrons. The number of nitrogens with one attached hydrogen (secondary N) is 1. The molecule has 1 atom stereocenters. The maximum atomic E-state index is 13.0. The topological polar surface area (TPSA) is 90.0 Å². The van der Waals surface area contributed by atoms with Crippen molar-refractivity contribution >= 4 is 35.1 Å². The fraction of sp³-hybridized carbons (Fsp3) is 0.304. The Labute approximate surface area is 191 Å². The van der Waals surface area contributed by atoms with Gasteiger partial charge in [0.2, 0.25) is 11.8 Å². The number of halogens is 3. The molecule has 0 bridgehead atoms. The van der Waals surface area contributed by atoms with Crippen LogP contribution < -0.4 is 15.1 Å². The van der Waals surface area contributed by atoms with Crippen LogP contribution in [-0.2, 0) is 22.3 Å². The number of rotatable bonds is 3. The van der Waals surface area contributed by atoms with Crippen molar-refractivity contribution in [2.24, 2.45) is 0 Å². The smallest absolute Gasteiger partial charge is 0.322 e. The summed E-state index contributed by atoms with van der Waals surface area (Å²) >= 11 is 0. The first-order chi connectivity index (χ1) is 16.1. The summed E-state index contributed by atoms with van der Waals surface area (Å²) in [7, 11) is 0. The third-order valence-electron chi connectivity index (χ3n) is 6.33. The van der Waals surface area contributed by atoms with Gasteiger partial charge in [-0.1, -0.05) is 0 Å². The molecule has 5 amide bonds. The molecule has 3 aliphatic rings. The highest BCUT2D eigenvalue weighted by Gasteiger charge is 2.40. The van der Waals surface area contributed by atoms with E-state index in [1.54, 1.807) is 18.2 Å². The Bertz CT molecular complexity index is 1210. The molecule has 1 unspecified atom stereocenters. The fourth-order valence-electron chi connectivity index (χ4n) is 4.58. The van der Waals surface area contributed by atoms with Crippen LogP contribution in [0.4, 0.5) is 29.3 Å². The van der Waals surface area contributed by atoms with Gasteiger partial charge >= 0.3 is 12.2 Å². The van der Waals surface area contributed by atoms with E-state index in [2.05, 4.69) is 5.32 Å². The largest absolute Gasteiger partial charge is 0.416 e. The lowest BCUT2D eigenvalue weighted by Gasteiger charge is -2.29. The van der Waals surface area contributed by atoms with Gasteiger partial charge in [-0.15, -0.1) is 0 Å². The fourth-order valence-corrected chi connectivity index (χ4v) is 4.58. The number of carbonyl (C=O) groups excluding carboxylic acids is 4. The number of urea groups is 1. The van der Waals surface area contributed by atoms with Crippen LogP contribution in [0.3, 0.4) is 0 Å². The number of amides is 5. The van der Waals surface area contributed by atoms with Gasteiger partial charge in [0.15, 0.2) is 0 Å². The van der Waals surface area contributed by atoms with Crippen LogP contribution in [0.15, 0.2) is 42.5 Å². The standard InChI is InChI=1S/C23H19F3N4O4/c24-23(25,26)14-1-3-15(4-2-14)28-9-10-29(22(28)34)16-5-6-17-13(11-16)12-30(21(17)33)18-7-8-19(31)27-20(18)32/h1-6,11,18H,7-10,12H2,(H,27,31,32). The molecular weight excluding hydrogens is 453 g/mol. The minimum atomic E-state index is -4.46. The molecule has 2 fully saturated rings. The summed E-state index contributed by atoms with van der Waals surface area (Å²) in [6.07, 6.45) is -4.04. The number of nitrogens with zero attached hydrogens (tertiary/aromatic N) is 3. The summed E-state index contributed by atoms with van der Waals surface area (Å²) in [5.74, 6) is -1.17. The summed E-state index contributed by atoms with van der Waals surface area (Å²) in [6.45, 7) is 0.797. The number of carbonyl (C=O) groups is 4. The number of benzene rings is 2. The molecule has 3 aliphatic heterocycles. The van der Waals surface area contributed by atoms with Gasteiger partial charge < -0.3 is 4.90 Å². The van der Waals surface area contributed by atoms with Gasteiger partial charge in [-0.25, -0.2) is 4.79 Å². The first-order valence-electron chi connectivity index (χ1n) is 10.7. The Balaban J connectivity index is 1.33. The lowest BCUT2D eigenvalue weighted by molar-refractivity contribution is -0.138. The van der Waals surface area contributed by atoms with E-state index < -0.39 is 23.7 Å². The molecule has 0 saturated carbocycles. The van der Waals surface area contributed by atoms with E-state index in [1.165, 1.54) is 26.8 Å². The van der Waals surface area contributed by atoms with Crippen LogP contribution >= 0.6 is 0 Å². The average molecular weight is 472 g/mol. The molecule has 8 nitrogen and oxygen atoms in total. The number of hydrogen-bond donors (Lipinski definition) is 1. The first kappa shape index (κ1) is 21.9. The van der Waals surface area contributed by atoms with Crippen LogP contribution in [-0.4, -0.2) is 47.8 Å². The van der Waals surface area contributed by atoms with Crippen LogP contribution in [0.25, 0.3) is 0 Å². The molecule has 11 heteroatoms. The predicted molar refractivity (Wildman–Crippen MR) is 114 cm³/mol. The maximum Gasteiger partial charge on any atom is 0.416 e. The zero-order valence-electron chi connectivity index (χ0n) is 17.8. The lowest BCUT2D eigenvalue weighted by atomic mass is 10.0. The molecule has 5 rings (SSSR count). The van der Waals surface area contributed by atoms with Crippen molar-refractivity contribution in [1.82, 2.24) is 10.2 Å². The average Bonchev–Trinajstić information content (AvgIpc) is 3.33. The number of alkyl halides is 3. The Morgan fingerprint density at radius 3 is 2.18 bits per heavy atom. The molecule has 0 aromatic heterocycles. The monoisotopic (exact) mass is 472 g/mol. The Kier molecular flexibility index (Phi) is 5.07. The summed E-state index contributed by atoms with van der Waals surface area (Å²) in [5, 5.41) is 2.26. The molecule has 2 saturated heterocycles. The molecule has 2 aromatic carbocycles. The summed E-state index contributed by atoms with van der Waals surface area (Å²) in [5.41, 5.74) is 1.22. The number of hydrogen-bond acceptors (Lipinski definition) is 4. The normalized spacial score (nSPS) is 20.8. The van der Waals surface area contributed by atoms with Crippen molar-refractivity contribution in [3.63, 3.8) is 0 Å². The second-order valence-electron chi connectivity index (χ2n) is 8.37. The Morgan fingerprint density at radius 1 is 0.882 bits per heavy atom. The van der Waals surface area contributed by atoms with Crippen molar-refractivity contribution in [2.75, 3.05) is 22.9 Å². The van der Waals surface area contributed by atoms with E-state index in [1.807, 2.05) is 0 Å². The lowest BCUT2D eigenvalue weighted by Crippen LogP contribution is -2.52. The third-order valence-corrected chi connectivity index (χ3v) is 6.33. The van der Waals surface area contributed by atoms with Crippen molar-refractivity contribution in [2.45, 2.75) is 31.6 Å². The van der Waals surface area contributed by atoms with Gasteiger partial charge in [-0.2, -0.15) is 13.2 Å². The number of imide groups is 1. The zero-order valence-corrected chi connectivity index (χ0v) is 17.8. The van der Waals surface area contributed by atoms with Crippen molar-refractivity contribution in [3.8, 4) is 0 Å². The maximum absolute atomic E-state index is 13.0. The minimum absolute atomic E-state index is 0.157. The quantitative estimate of drug-likeness (QED) is 0.696. The summed E-state index contributed by atoms with van der Waals surface area (Å²) < 4.78 is 38.5. The second-order valence-corrected chi connectivity index (χ2v) is 8.37. The third kappa shape index (κ3) is 3.66. The van der Waals surface area contributed by atoms with E-state index in [-0.39, 0.29) is 37.2 Å². The van der Waals surface area contributed by atoms with E-state index >= 15 is 0 Å². The first-order valence-corrected chi connectivity index (χ1v) is 10.7. The molecule has 0 spiro atoms. The van der Waals surface area contributed by atoms with Gasteiger partial charge in [-0.05, 0) is 54.4 Å². The highest BCUT2D eigenvalue weighted by atomic mass is 19.4. The highest BCUT2D eigenvalue weighted by molar-refractivity contribution is 6.08. The van der Waals surface area contributed by atoms with Crippen LogP contribution in [0.2, 0.25) is 0 Å². The molecular formula is C23H19F3N4O4. The van der Waals surface area contributed by atoms with E-state index in [4.69, 9.17) is 0 Å². The van der Waals surface area contributed by atoms with E-state index in [9.17, 15) is 32.3 Å². The van der Waals surface area contributed by atoms with Crippen LogP contribution in [0.5, 0.6) is 0 Å². The van der Waals surface area contributed by atoms with Gasteiger partial charge in [0.25, 0.3) is 5.91 Å². The van der Waals surface area contributed by atoms with Gasteiger partial charge in [0.1, 0.15) is 6.04 Å². The molecule has 2 aromatic rings. The van der Waals surface area contributed by atoms with E-state index in [0.29, 0.717) is 35.6 Å². The van der Waals surface area contributed by atoms with Crippen molar-refractivity contribution in [3.05, 3.63) is 59.2 Å². The molecule has 1 N–H and O–H groups in total. The van der Waals surface area contributed by atoms with Crippen molar-refractivity contribution in [1.29, 1.82) is 0 Å². The highest BCUT2D eigenvalue weighted by Crippen LogP contribution is 2.34. The SMILES string of the molecule is O=C1CCC(N2Cc3cc(N4CCN(c5ccc(C(F)(F)F)cc5)C4=O)ccc3C2=O)C(=O)N1. The number of fused-ring (bicyclic) bond motifs is 1. The van der Waals surface area contributed by atoms with Crippen LogP contribution in [0, 0.1) is 0 Å². The molecule has 3 heterocycles. The van der Waals surface area contributed by atoms with E-state index in [0.717, 1.165) is 12.1 Å². The second kappa shape index (κ2) is 7.86. The van der Waals surface area contributed by atoms with Crippen LogP contribution in [0.1, 0.15) is 34.3 Å². The van der Waals surface area contributed by atoms with Gasteiger partial charge in [0.05, 0.1) is 5.56 Å². The van der Waals surface area contributed by atoms with Gasteiger partial charge in [-0.3, -0.25) is 29.5 Å². The molecule has 34 heavy (non-hydrogen) atoms. The Hall–Kier alpha value is -3.89. The summed E-state index contributed by atoms with van der Waals surface area (Å²) in [4.78, 5) is 53.8. The number of anilines is 2. The zero-order chi connectivity index (χ0) is 24.2. The minimum Gasteiger partial charge on any atom is -0.322 e. The summed E-state index contributed by atoms with van der Waals surface area (Å²) in [6, 6.07) is 8.26.